The van der Waals surface area contributed by atoms with Gasteiger partial charge in [0.2, 0.25) is 0 Å². The number of aryl methyl sites for hydroxylation is 2. The first-order valence-corrected chi connectivity index (χ1v) is 4.51. The Bertz CT molecular complexity index is 313. The first kappa shape index (κ1) is 10.0. The maximum absolute atomic E-state index is 8.76. The van der Waals surface area contributed by atoms with E-state index in [-0.39, 0.29) is 6.61 Å². The molecule has 13 heavy (non-hydrogen) atoms. The van der Waals surface area contributed by atoms with Gasteiger partial charge in [-0.15, -0.1) is 0 Å². The predicted octanol–water partition coefficient (Wildman–Crippen LogP) is 2.70. The molecule has 1 aromatic rings. The molecule has 0 fully saturated rings. The van der Waals surface area contributed by atoms with Gasteiger partial charge < -0.3 is 5.11 Å². The first-order chi connectivity index (χ1) is 6.15. The van der Waals surface area contributed by atoms with Crippen LogP contribution in [0.15, 0.2) is 24.8 Å². The van der Waals surface area contributed by atoms with E-state index >= 15 is 0 Å². The van der Waals surface area contributed by atoms with Crippen molar-refractivity contribution in [1.82, 2.24) is 0 Å². The van der Waals surface area contributed by atoms with E-state index in [1.54, 1.807) is 0 Å². The molecule has 1 rings (SSSR count). The van der Waals surface area contributed by atoms with Gasteiger partial charge in [0.15, 0.2) is 0 Å². The van der Waals surface area contributed by atoms with Gasteiger partial charge in [-0.3, -0.25) is 0 Å². The van der Waals surface area contributed by atoms with Crippen molar-refractivity contribution in [3.8, 4) is 0 Å². The van der Waals surface area contributed by atoms with Crippen LogP contribution >= 0.6 is 0 Å². The molecule has 0 saturated carbocycles. The number of benzene rings is 1. The Morgan fingerprint density at radius 1 is 1.31 bits per heavy atom. The third-order valence-corrected chi connectivity index (χ3v) is 2.33. The molecule has 0 bridgehead atoms. The van der Waals surface area contributed by atoms with Gasteiger partial charge in [-0.05, 0) is 42.5 Å². The number of aliphatic hydroxyl groups excluding tert-OH is 1. The molecule has 1 N–H and O–H groups in total. The SMILES string of the molecule is C=C(CCO)c1ccc(C)c(C)c1. The normalized spacial score (nSPS) is 10.1. The van der Waals surface area contributed by atoms with Crippen molar-refractivity contribution in [3.05, 3.63) is 41.5 Å². The van der Waals surface area contributed by atoms with E-state index in [4.69, 9.17) is 5.11 Å². The molecule has 1 heteroatoms. The molecule has 1 aromatic carbocycles. The van der Waals surface area contributed by atoms with Gasteiger partial charge in [0, 0.05) is 6.61 Å². The van der Waals surface area contributed by atoms with Crippen molar-refractivity contribution in [2.75, 3.05) is 6.61 Å². The molecular formula is C12H16O. The standard InChI is InChI=1S/C12H16O/c1-9-4-5-12(8-11(9)3)10(2)6-7-13/h4-5,8,13H,2,6-7H2,1,3H3. The van der Waals surface area contributed by atoms with E-state index < -0.39 is 0 Å². The van der Waals surface area contributed by atoms with Gasteiger partial charge in [-0.2, -0.15) is 0 Å². The largest absolute Gasteiger partial charge is 0.396 e. The van der Waals surface area contributed by atoms with Crippen LogP contribution < -0.4 is 0 Å². The third-order valence-electron chi connectivity index (χ3n) is 2.33. The fourth-order valence-electron chi connectivity index (χ4n) is 1.24. The molecular weight excluding hydrogens is 160 g/mol. The van der Waals surface area contributed by atoms with E-state index in [1.165, 1.54) is 11.1 Å². The summed E-state index contributed by atoms with van der Waals surface area (Å²) in [7, 11) is 0. The highest BCUT2D eigenvalue weighted by Gasteiger charge is 1.99. The average molecular weight is 176 g/mol. The molecule has 0 aliphatic heterocycles. The number of aliphatic hydroxyl groups is 1. The minimum absolute atomic E-state index is 0.172. The van der Waals surface area contributed by atoms with E-state index in [9.17, 15) is 0 Å². The highest BCUT2D eigenvalue weighted by molar-refractivity contribution is 5.64. The second kappa shape index (κ2) is 4.24. The zero-order valence-electron chi connectivity index (χ0n) is 8.30. The molecule has 0 spiro atoms. The molecule has 0 aliphatic rings. The zero-order valence-corrected chi connectivity index (χ0v) is 8.30. The fourth-order valence-corrected chi connectivity index (χ4v) is 1.24. The highest BCUT2D eigenvalue weighted by atomic mass is 16.2. The van der Waals surface area contributed by atoms with Crippen molar-refractivity contribution in [2.24, 2.45) is 0 Å². The molecule has 70 valence electrons. The Morgan fingerprint density at radius 3 is 2.54 bits per heavy atom. The summed E-state index contributed by atoms with van der Waals surface area (Å²) >= 11 is 0. The summed E-state index contributed by atoms with van der Waals surface area (Å²) in [5.41, 5.74) is 4.71. The van der Waals surface area contributed by atoms with Gasteiger partial charge in [-0.25, -0.2) is 0 Å². The molecule has 0 aromatic heterocycles. The Labute approximate surface area is 79.7 Å². The van der Waals surface area contributed by atoms with Gasteiger partial charge in [0.1, 0.15) is 0 Å². The van der Waals surface area contributed by atoms with Crippen LogP contribution in [0.1, 0.15) is 23.1 Å². The maximum Gasteiger partial charge on any atom is 0.0471 e. The van der Waals surface area contributed by atoms with Gasteiger partial charge in [-0.1, -0.05) is 24.8 Å². The lowest BCUT2D eigenvalue weighted by molar-refractivity contribution is 0.305. The van der Waals surface area contributed by atoms with Crippen molar-refractivity contribution in [2.45, 2.75) is 20.3 Å². The number of rotatable bonds is 3. The topological polar surface area (TPSA) is 20.2 Å². The lowest BCUT2D eigenvalue weighted by Gasteiger charge is -2.06. The summed E-state index contributed by atoms with van der Waals surface area (Å²) in [5.74, 6) is 0. The highest BCUT2D eigenvalue weighted by Crippen LogP contribution is 2.18. The summed E-state index contributed by atoms with van der Waals surface area (Å²) in [4.78, 5) is 0. The van der Waals surface area contributed by atoms with Crippen LogP contribution in [-0.4, -0.2) is 11.7 Å². The maximum atomic E-state index is 8.76. The Morgan fingerprint density at radius 2 is 2.00 bits per heavy atom. The molecule has 0 unspecified atom stereocenters. The van der Waals surface area contributed by atoms with Crippen LogP contribution in [0.4, 0.5) is 0 Å². The van der Waals surface area contributed by atoms with E-state index in [1.807, 2.05) is 0 Å². The second-order valence-electron chi connectivity index (χ2n) is 3.38. The monoisotopic (exact) mass is 176 g/mol. The second-order valence-corrected chi connectivity index (χ2v) is 3.38. The summed E-state index contributed by atoms with van der Waals surface area (Å²) in [6.07, 6.45) is 0.655. The lowest BCUT2D eigenvalue weighted by Crippen LogP contribution is -1.89. The molecule has 0 heterocycles. The van der Waals surface area contributed by atoms with Crippen LogP contribution in [0.3, 0.4) is 0 Å². The zero-order chi connectivity index (χ0) is 9.84. The van der Waals surface area contributed by atoms with Crippen molar-refractivity contribution in [3.63, 3.8) is 0 Å². The van der Waals surface area contributed by atoms with Crippen LogP contribution in [0.2, 0.25) is 0 Å². The van der Waals surface area contributed by atoms with Crippen LogP contribution in [0, 0.1) is 13.8 Å². The van der Waals surface area contributed by atoms with E-state index in [0.29, 0.717) is 6.42 Å². The fraction of sp³-hybridized carbons (Fsp3) is 0.333. The Balaban J connectivity index is 2.90. The van der Waals surface area contributed by atoms with Crippen LogP contribution in [-0.2, 0) is 0 Å². The van der Waals surface area contributed by atoms with Crippen molar-refractivity contribution in [1.29, 1.82) is 0 Å². The van der Waals surface area contributed by atoms with Crippen LogP contribution in [0.5, 0.6) is 0 Å². The smallest absolute Gasteiger partial charge is 0.0471 e. The Hall–Kier alpha value is -1.08. The Kier molecular flexibility index (Phi) is 3.26. The molecule has 0 saturated heterocycles. The van der Waals surface area contributed by atoms with Crippen molar-refractivity contribution >= 4 is 5.57 Å². The summed E-state index contributed by atoms with van der Waals surface area (Å²) in [6.45, 7) is 8.28. The van der Waals surface area contributed by atoms with E-state index in [0.717, 1.165) is 11.1 Å². The molecule has 0 radical (unpaired) electrons. The minimum Gasteiger partial charge on any atom is -0.396 e. The average Bonchev–Trinajstić information content (AvgIpc) is 2.10. The van der Waals surface area contributed by atoms with Gasteiger partial charge in [0.05, 0.1) is 0 Å². The molecule has 0 atom stereocenters. The van der Waals surface area contributed by atoms with Crippen LogP contribution in [0.25, 0.3) is 5.57 Å². The lowest BCUT2D eigenvalue weighted by atomic mass is 10.00. The molecule has 1 nitrogen and oxygen atoms in total. The van der Waals surface area contributed by atoms with E-state index in [2.05, 4.69) is 38.6 Å². The number of hydrogen-bond acceptors (Lipinski definition) is 1. The molecule has 0 amide bonds. The predicted molar refractivity (Wildman–Crippen MR) is 56.7 cm³/mol. The summed E-state index contributed by atoms with van der Waals surface area (Å²) in [6, 6.07) is 6.26. The summed E-state index contributed by atoms with van der Waals surface area (Å²) in [5, 5.41) is 8.76. The van der Waals surface area contributed by atoms with Gasteiger partial charge >= 0.3 is 0 Å². The van der Waals surface area contributed by atoms with Gasteiger partial charge in [0.25, 0.3) is 0 Å². The summed E-state index contributed by atoms with van der Waals surface area (Å²) < 4.78 is 0. The minimum atomic E-state index is 0.172. The first-order valence-electron chi connectivity index (χ1n) is 4.51. The van der Waals surface area contributed by atoms with Crippen molar-refractivity contribution < 1.29 is 5.11 Å². The molecule has 0 aliphatic carbocycles. The quantitative estimate of drug-likeness (QED) is 0.750. The number of hydrogen-bond donors (Lipinski definition) is 1. The third kappa shape index (κ3) is 2.43.